The van der Waals surface area contributed by atoms with Gasteiger partial charge in [-0.25, -0.2) is 5.90 Å². The van der Waals surface area contributed by atoms with Crippen LogP contribution >= 0.6 is 0 Å². The van der Waals surface area contributed by atoms with Crippen molar-refractivity contribution >= 4 is 0 Å². The van der Waals surface area contributed by atoms with Gasteiger partial charge in [0.1, 0.15) is 0 Å². The van der Waals surface area contributed by atoms with Crippen molar-refractivity contribution < 1.29 is 14.3 Å². The van der Waals surface area contributed by atoms with Gasteiger partial charge in [0.25, 0.3) is 0 Å². The minimum absolute atomic E-state index is 0.0130. The van der Waals surface area contributed by atoms with E-state index in [0.29, 0.717) is 26.4 Å². The van der Waals surface area contributed by atoms with Crippen LogP contribution in [0.3, 0.4) is 0 Å². The summed E-state index contributed by atoms with van der Waals surface area (Å²) in [5, 5.41) is 0. The van der Waals surface area contributed by atoms with Crippen LogP contribution in [0.25, 0.3) is 0 Å². The largest absolute Gasteiger partial charge is 0.405 e. The normalized spacial score (nSPS) is 16.7. The summed E-state index contributed by atoms with van der Waals surface area (Å²) in [6, 6.07) is 0. The number of allylic oxidation sites excluding steroid dienone is 1. The van der Waals surface area contributed by atoms with E-state index in [4.69, 9.17) is 26.8 Å². The summed E-state index contributed by atoms with van der Waals surface area (Å²) in [4.78, 5) is 4.55. The van der Waals surface area contributed by atoms with Crippen LogP contribution in [0.15, 0.2) is 36.7 Å². The molecule has 6 nitrogen and oxygen atoms in total. The molecule has 0 bridgehead atoms. The molecule has 0 aromatic carbocycles. The maximum Gasteiger partial charge on any atom is 0.0860 e. The maximum absolute atomic E-state index is 5.87. The Morgan fingerprint density at radius 2 is 1.68 bits per heavy atom. The van der Waals surface area contributed by atoms with Crippen molar-refractivity contribution in [2.45, 2.75) is 32.8 Å². The fourth-order valence-electron chi connectivity index (χ4n) is 2.14. The molecule has 0 aromatic heterocycles. The molecule has 0 spiro atoms. The Labute approximate surface area is 133 Å². The van der Waals surface area contributed by atoms with E-state index in [1.807, 2.05) is 6.08 Å². The van der Waals surface area contributed by atoms with E-state index < -0.39 is 0 Å². The van der Waals surface area contributed by atoms with Crippen molar-refractivity contribution in [1.82, 2.24) is 0 Å². The Bertz CT molecular complexity index is 346. The molecule has 0 saturated heterocycles. The summed E-state index contributed by atoms with van der Waals surface area (Å²) in [6.45, 7) is 6.13. The van der Waals surface area contributed by atoms with Gasteiger partial charge in [0, 0.05) is 5.41 Å². The molecule has 6 N–H and O–H groups in total. The molecule has 0 aliphatic carbocycles. The Balaban J connectivity index is 4.79. The van der Waals surface area contributed by atoms with Crippen molar-refractivity contribution in [3.05, 3.63) is 36.7 Å². The predicted octanol–water partition coefficient (Wildman–Crippen LogP) is 1.59. The molecule has 0 aliphatic heterocycles. The quantitative estimate of drug-likeness (QED) is 0.271. The smallest absolute Gasteiger partial charge is 0.0860 e. The molecule has 0 amide bonds. The van der Waals surface area contributed by atoms with Crippen molar-refractivity contribution in [3.8, 4) is 0 Å². The van der Waals surface area contributed by atoms with Crippen LogP contribution in [0, 0.1) is 5.41 Å². The standard InChI is InChI=1S/C16H31N3O3/c1-3-16(8-4-5-13-22-19,14-20-11-6-9-17)15(2)21-12-7-10-18/h4-7,9-10,15H,3,8,11-14,17-19H2,1-2H3/b5-4-,9-6+,10-7+. The van der Waals surface area contributed by atoms with E-state index in [2.05, 4.69) is 24.8 Å². The van der Waals surface area contributed by atoms with Gasteiger partial charge in [-0.05, 0) is 44.3 Å². The zero-order chi connectivity index (χ0) is 16.7. The summed E-state index contributed by atoms with van der Waals surface area (Å²) in [5.41, 5.74) is 10.5. The highest BCUT2D eigenvalue weighted by Gasteiger charge is 2.34. The second-order valence-electron chi connectivity index (χ2n) is 5.07. The molecule has 2 unspecified atom stereocenters. The lowest BCUT2D eigenvalue weighted by Crippen LogP contribution is -2.39. The average Bonchev–Trinajstić information content (AvgIpc) is 2.54. The average molecular weight is 313 g/mol. The van der Waals surface area contributed by atoms with Crippen molar-refractivity contribution in [2.24, 2.45) is 22.8 Å². The van der Waals surface area contributed by atoms with Crippen LogP contribution < -0.4 is 17.4 Å². The van der Waals surface area contributed by atoms with Gasteiger partial charge in [0.15, 0.2) is 0 Å². The van der Waals surface area contributed by atoms with Gasteiger partial charge in [-0.15, -0.1) is 0 Å². The maximum atomic E-state index is 5.87. The molecule has 2 atom stereocenters. The zero-order valence-electron chi connectivity index (χ0n) is 13.7. The summed E-state index contributed by atoms with van der Waals surface area (Å²) in [5.74, 6) is 5.03. The molecule has 0 fully saturated rings. The minimum atomic E-state index is -0.129. The second kappa shape index (κ2) is 13.3. The molecule has 0 radical (unpaired) electrons. The third-order valence-corrected chi connectivity index (χ3v) is 3.77. The summed E-state index contributed by atoms with van der Waals surface area (Å²) in [7, 11) is 0. The first-order chi connectivity index (χ1) is 10.7. The number of nitrogens with two attached hydrogens (primary N) is 3. The lowest BCUT2D eigenvalue weighted by molar-refractivity contribution is -0.0633. The van der Waals surface area contributed by atoms with Crippen molar-refractivity contribution in [2.75, 3.05) is 26.4 Å². The molecule has 0 aliphatic rings. The Morgan fingerprint density at radius 1 is 1.00 bits per heavy atom. The fraction of sp³-hybridized carbons (Fsp3) is 0.625. The summed E-state index contributed by atoms with van der Waals surface area (Å²) in [6.07, 6.45) is 12.2. The SMILES string of the molecule is CCC(C/C=C\CON)(COC/C=C/N)C(C)OC/C=C/N. The first-order valence-corrected chi connectivity index (χ1v) is 7.56. The molecule has 0 saturated carbocycles. The number of ether oxygens (including phenoxy) is 2. The van der Waals surface area contributed by atoms with Gasteiger partial charge in [-0.2, -0.15) is 0 Å². The minimum Gasteiger partial charge on any atom is -0.405 e. The lowest BCUT2D eigenvalue weighted by atomic mass is 9.77. The topological polar surface area (TPSA) is 106 Å². The molecule has 0 heterocycles. The third kappa shape index (κ3) is 8.19. The van der Waals surface area contributed by atoms with E-state index in [1.54, 1.807) is 12.2 Å². The van der Waals surface area contributed by atoms with Gasteiger partial charge in [0.2, 0.25) is 0 Å². The highest BCUT2D eigenvalue weighted by Crippen LogP contribution is 2.34. The van der Waals surface area contributed by atoms with E-state index >= 15 is 0 Å². The molecule has 128 valence electrons. The molecule has 0 aromatic rings. The molecule has 22 heavy (non-hydrogen) atoms. The first kappa shape index (κ1) is 20.7. The van der Waals surface area contributed by atoms with Crippen molar-refractivity contribution in [3.63, 3.8) is 0 Å². The third-order valence-electron chi connectivity index (χ3n) is 3.77. The highest BCUT2D eigenvalue weighted by atomic mass is 16.6. The van der Waals surface area contributed by atoms with Gasteiger partial charge in [-0.3, -0.25) is 0 Å². The monoisotopic (exact) mass is 313 g/mol. The Morgan fingerprint density at radius 3 is 2.27 bits per heavy atom. The van der Waals surface area contributed by atoms with E-state index in [-0.39, 0.29) is 11.5 Å². The van der Waals surface area contributed by atoms with E-state index in [9.17, 15) is 0 Å². The number of rotatable bonds is 13. The van der Waals surface area contributed by atoms with Gasteiger partial charge < -0.3 is 25.8 Å². The van der Waals surface area contributed by atoms with E-state index in [1.165, 1.54) is 12.4 Å². The van der Waals surface area contributed by atoms with Gasteiger partial charge in [0.05, 0.1) is 32.5 Å². The van der Waals surface area contributed by atoms with Crippen LogP contribution in [0.1, 0.15) is 26.7 Å². The first-order valence-electron chi connectivity index (χ1n) is 7.56. The van der Waals surface area contributed by atoms with Crippen LogP contribution in [-0.4, -0.2) is 32.5 Å². The molecular formula is C16H31N3O3. The number of hydrogen-bond donors (Lipinski definition) is 3. The van der Waals surface area contributed by atoms with Crippen LogP contribution in [0.5, 0.6) is 0 Å². The Hall–Kier alpha value is -1.34. The van der Waals surface area contributed by atoms with Gasteiger partial charge >= 0.3 is 0 Å². The van der Waals surface area contributed by atoms with Crippen LogP contribution in [0.4, 0.5) is 0 Å². The van der Waals surface area contributed by atoms with Crippen LogP contribution in [-0.2, 0) is 14.3 Å². The zero-order valence-corrected chi connectivity index (χ0v) is 13.7. The lowest BCUT2D eigenvalue weighted by Gasteiger charge is -2.37. The second-order valence-corrected chi connectivity index (χ2v) is 5.07. The molecular weight excluding hydrogens is 282 g/mol. The predicted molar refractivity (Wildman–Crippen MR) is 89.5 cm³/mol. The highest BCUT2D eigenvalue weighted by molar-refractivity contribution is 4.95. The fourth-order valence-corrected chi connectivity index (χ4v) is 2.14. The van der Waals surface area contributed by atoms with Crippen molar-refractivity contribution in [1.29, 1.82) is 0 Å². The van der Waals surface area contributed by atoms with Gasteiger partial charge in [-0.1, -0.05) is 19.1 Å². The molecule has 6 heteroatoms. The molecule has 0 rings (SSSR count). The van der Waals surface area contributed by atoms with Crippen LogP contribution in [0.2, 0.25) is 0 Å². The Kier molecular flexibility index (Phi) is 12.5. The summed E-state index contributed by atoms with van der Waals surface area (Å²) < 4.78 is 11.6. The van der Waals surface area contributed by atoms with E-state index in [0.717, 1.165) is 12.8 Å². The number of hydrogen-bond acceptors (Lipinski definition) is 6. The summed E-state index contributed by atoms with van der Waals surface area (Å²) >= 11 is 0.